The van der Waals surface area contributed by atoms with Crippen LogP contribution in [0.2, 0.25) is 5.22 Å². The summed E-state index contributed by atoms with van der Waals surface area (Å²) in [6.07, 6.45) is 2.57. The van der Waals surface area contributed by atoms with Gasteiger partial charge in [-0.05, 0) is 24.1 Å². The van der Waals surface area contributed by atoms with Crippen molar-refractivity contribution in [3.63, 3.8) is 0 Å². The highest BCUT2D eigenvalue weighted by atomic mass is 35.5. The molecule has 72 valence electrons. The average Bonchev–Trinajstić information content (AvgIpc) is 2.72. The Morgan fingerprint density at radius 3 is 3.00 bits per heavy atom. The molecule has 0 radical (unpaired) electrons. The van der Waals surface area contributed by atoms with Crippen molar-refractivity contribution < 1.29 is 9.15 Å². The minimum Gasteiger partial charge on any atom is -0.453 e. The first-order chi connectivity index (χ1) is 6.29. The molecule has 1 aromatic heterocycles. The third-order valence-corrected chi connectivity index (χ3v) is 2.79. The second kappa shape index (κ2) is 3.70. The van der Waals surface area contributed by atoms with Gasteiger partial charge in [0.2, 0.25) is 0 Å². The Morgan fingerprint density at radius 2 is 2.46 bits per heavy atom. The van der Waals surface area contributed by atoms with Crippen LogP contribution in [0.1, 0.15) is 18.0 Å². The van der Waals surface area contributed by atoms with Crippen molar-refractivity contribution in [2.45, 2.75) is 12.5 Å². The zero-order valence-corrected chi connectivity index (χ0v) is 7.96. The molecule has 2 N–H and O–H groups in total. The molecule has 3 nitrogen and oxygen atoms in total. The van der Waals surface area contributed by atoms with E-state index >= 15 is 0 Å². The number of hydrogen-bond acceptors (Lipinski definition) is 3. The third kappa shape index (κ3) is 1.73. The third-order valence-electron chi connectivity index (χ3n) is 2.48. The zero-order valence-electron chi connectivity index (χ0n) is 7.20. The van der Waals surface area contributed by atoms with Gasteiger partial charge < -0.3 is 14.9 Å². The molecule has 1 aliphatic rings. The molecule has 0 bridgehead atoms. The number of rotatable bonds is 2. The van der Waals surface area contributed by atoms with Crippen LogP contribution in [0.5, 0.6) is 0 Å². The number of furan rings is 1. The number of halogens is 1. The average molecular weight is 202 g/mol. The first-order valence-corrected chi connectivity index (χ1v) is 4.73. The van der Waals surface area contributed by atoms with E-state index in [0.717, 1.165) is 25.2 Å². The summed E-state index contributed by atoms with van der Waals surface area (Å²) in [5.74, 6) is 0.370. The second-order valence-corrected chi connectivity index (χ2v) is 3.64. The SMILES string of the molecule is NC(c1ccoc1Cl)C1CCOC1. The van der Waals surface area contributed by atoms with Crippen molar-refractivity contribution in [1.82, 2.24) is 0 Å². The Labute approximate surface area is 81.8 Å². The molecule has 2 unspecified atom stereocenters. The zero-order chi connectivity index (χ0) is 9.26. The summed E-state index contributed by atoms with van der Waals surface area (Å²) in [5.41, 5.74) is 6.91. The largest absolute Gasteiger partial charge is 0.453 e. The van der Waals surface area contributed by atoms with Crippen molar-refractivity contribution in [3.05, 3.63) is 23.1 Å². The monoisotopic (exact) mass is 201 g/mol. The molecule has 0 aliphatic carbocycles. The molecule has 0 amide bonds. The summed E-state index contributed by atoms with van der Waals surface area (Å²) in [6.45, 7) is 1.52. The summed E-state index contributed by atoms with van der Waals surface area (Å²) in [5, 5.41) is 0.402. The normalized spacial score (nSPS) is 24.9. The lowest BCUT2D eigenvalue weighted by molar-refractivity contribution is 0.181. The van der Waals surface area contributed by atoms with E-state index < -0.39 is 0 Å². The first kappa shape index (κ1) is 9.06. The summed E-state index contributed by atoms with van der Waals surface area (Å²) >= 11 is 5.83. The predicted molar refractivity (Wildman–Crippen MR) is 49.6 cm³/mol. The van der Waals surface area contributed by atoms with Gasteiger partial charge in [0, 0.05) is 24.1 Å². The molecular weight excluding hydrogens is 190 g/mol. The molecule has 1 saturated heterocycles. The van der Waals surface area contributed by atoms with Crippen LogP contribution in [-0.2, 0) is 4.74 Å². The van der Waals surface area contributed by atoms with Crippen molar-refractivity contribution in [2.24, 2.45) is 11.7 Å². The second-order valence-electron chi connectivity index (χ2n) is 3.30. The van der Waals surface area contributed by atoms with Crippen LogP contribution in [0.15, 0.2) is 16.7 Å². The topological polar surface area (TPSA) is 48.4 Å². The highest BCUT2D eigenvalue weighted by Crippen LogP contribution is 2.31. The fourth-order valence-electron chi connectivity index (χ4n) is 1.63. The van der Waals surface area contributed by atoms with Crippen LogP contribution in [0.4, 0.5) is 0 Å². The van der Waals surface area contributed by atoms with Gasteiger partial charge in [-0.2, -0.15) is 0 Å². The Balaban J connectivity index is 2.12. The van der Waals surface area contributed by atoms with Gasteiger partial charge in [0.05, 0.1) is 12.9 Å². The molecule has 13 heavy (non-hydrogen) atoms. The maximum absolute atomic E-state index is 6.02. The molecule has 1 aliphatic heterocycles. The van der Waals surface area contributed by atoms with E-state index in [9.17, 15) is 0 Å². The minimum atomic E-state index is -0.0613. The molecule has 0 saturated carbocycles. The van der Waals surface area contributed by atoms with E-state index in [1.54, 1.807) is 6.26 Å². The van der Waals surface area contributed by atoms with E-state index in [1.165, 1.54) is 0 Å². The van der Waals surface area contributed by atoms with Gasteiger partial charge in [-0.3, -0.25) is 0 Å². The van der Waals surface area contributed by atoms with Crippen molar-refractivity contribution >= 4 is 11.6 Å². The smallest absolute Gasteiger partial charge is 0.197 e. The molecule has 2 rings (SSSR count). The molecule has 4 heteroatoms. The van der Waals surface area contributed by atoms with Crippen LogP contribution in [0.25, 0.3) is 0 Å². The maximum atomic E-state index is 6.02. The van der Waals surface area contributed by atoms with E-state index in [2.05, 4.69) is 0 Å². The maximum Gasteiger partial charge on any atom is 0.197 e. The van der Waals surface area contributed by atoms with E-state index in [0.29, 0.717) is 11.1 Å². The van der Waals surface area contributed by atoms with Crippen molar-refractivity contribution in [2.75, 3.05) is 13.2 Å². The number of ether oxygens (including phenoxy) is 1. The number of hydrogen-bond donors (Lipinski definition) is 1. The van der Waals surface area contributed by atoms with Gasteiger partial charge in [0.1, 0.15) is 0 Å². The summed E-state index contributed by atoms with van der Waals surface area (Å²) in [6, 6.07) is 1.76. The van der Waals surface area contributed by atoms with Crippen LogP contribution in [-0.4, -0.2) is 13.2 Å². The van der Waals surface area contributed by atoms with E-state index in [4.69, 9.17) is 26.5 Å². The summed E-state index contributed by atoms with van der Waals surface area (Å²) in [4.78, 5) is 0. The molecule has 0 aromatic carbocycles. The van der Waals surface area contributed by atoms with Gasteiger partial charge in [0.15, 0.2) is 5.22 Å². The minimum absolute atomic E-state index is 0.0613. The van der Waals surface area contributed by atoms with Crippen molar-refractivity contribution in [3.8, 4) is 0 Å². The van der Waals surface area contributed by atoms with Gasteiger partial charge >= 0.3 is 0 Å². The standard InChI is InChI=1S/C9H12ClNO2/c10-9-7(2-4-13-9)8(11)6-1-3-12-5-6/h2,4,6,8H,1,3,5,11H2. The summed E-state index contributed by atoms with van der Waals surface area (Å²) in [7, 11) is 0. The molecule has 2 atom stereocenters. The Hall–Kier alpha value is -0.510. The van der Waals surface area contributed by atoms with Gasteiger partial charge in [-0.15, -0.1) is 0 Å². The van der Waals surface area contributed by atoms with Crippen LogP contribution in [0.3, 0.4) is 0 Å². The lowest BCUT2D eigenvalue weighted by Crippen LogP contribution is -2.21. The molecular formula is C9H12ClNO2. The van der Waals surface area contributed by atoms with Gasteiger partial charge in [0.25, 0.3) is 0 Å². The van der Waals surface area contributed by atoms with Gasteiger partial charge in [-0.1, -0.05) is 0 Å². The van der Waals surface area contributed by atoms with Crippen LogP contribution in [0, 0.1) is 5.92 Å². The van der Waals surface area contributed by atoms with E-state index in [-0.39, 0.29) is 6.04 Å². The highest BCUT2D eigenvalue weighted by molar-refractivity contribution is 6.29. The van der Waals surface area contributed by atoms with Gasteiger partial charge in [-0.25, -0.2) is 0 Å². The Bertz CT molecular complexity index is 281. The van der Waals surface area contributed by atoms with Crippen LogP contribution >= 0.6 is 11.6 Å². The highest BCUT2D eigenvalue weighted by Gasteiger charge is 2.26. The molecule has 0 spiro atoms. The fourth-order valence-corrected chi connectivity index (χ4v) is 1.87. The summed E-state index contributed by atoms with van der Waals surface area (Å²) < 4.78 is 10.3. The molecule has 1 fully saturated rings. The lowest BCUT2D eigenvalue weighted by Gasteiger charge is -2.15. The Morgan fingerprint density at radius 1 is 1.62 bits per heavy atom. The predicted octanol–water partition coefficient (Wildman–Crippen LogP) is 1.97. The first-order valence-electron chi connectivity index (χ1n) is 4.35. The van der Waals surface area contributed by atoms with Crippen LogP contribution < -0.4 is 5.73 Å². The molecule has 1 aromatic rings. The Kier molecular flexibility index (Phi) is 2.58. The van der Waals surface area contributed by atoms with E-state index in [1.807, 2.05) is 6.07 Å². The number of nitrogens with two attached hydrogens (primary N) is 1. The van der Waals surface area contributed by atoms with Crippen molar-refractivity contribution in [1.29, 1.82) is 0 Å². The fraction of sp³-hybridized carbons (Fsp3) is 0.556. The lowest BCUT2D eigenvalue weighted by atomic mass is 9.95. The quantitative estimate of drug-likeness (QED) is 0.796. The molecule has 2 heterocycles.